The standard InChI is InChI=1S/C28H54N2O2/c1-3-5-7-8-9-10-11-12-13-14-15-16-18-21-27(31)26(25-30-23-19-20-24-30)29-28(32)22-17-6-4-2/h18,21,26-27,31H,3-17,19-20,22-25H2,1-2H3,(H,29,32). The summed E-state index contributed by atoms with van der Waals surface area (Å²) in [4.78, 5) is 14.7. The van der Waals surface area contributed by atoms with E-state index in [0.717, 1.165) is 45.3 Å². The van der Waals surface area contributed by atoms with Crippen LogP contribution in [0.5, 0.6) is 0 Å². The Kier molecular flexibility index (Phi) is 18.9. The van der Waals surface area contributed by atoms with E-state index in [-0.39, 0.29) is 11.9 Å². The molecule has 32 heavy (non-hydrogen) atoms. The molecule has 1 aliphatic rings. The molecule has 0 aromatic carbocycles. The van der Waals surface area contributed by atoms with Crippen LogP contribution in [0, 0.1) is 0 Å². The Hall–Kier alpha value is -0.870. The van der Waals surface area contributed by atoms with Crippen molar-refractivity contribution in [3.05, 3.63) is 12.2 Å². The Balaban J connectivity index is 2.19. The summed E-state index contributed by atoms with van der Waals surface area (Å²) in [6, 6.07) is -0.198. The fourth-order valence-corrected chi connectivity index (χ4v) is 4.59. The van der Waals surface area contributed by atoms with Crippen LogP contribution >= 0.6 is 0 Å². The molecule has 0 radical (unpaired) electrons. The largest absolute Gasteiger partial charge is 0.387 e. The van der Waals surface area contributed by atoms with Gasteiger partial charge < -0.3 is 15.3 Å². The SMILES string of the molecule is CCCCCCCCCCCCCC=CC(O)C(CN1CCCC1)NC(=O)CCCCC. The van der Waals surface area contributed by atoms with E-state index in [4.69, 9.17) is 0 Å². The number of hydrogen-bond acceptors (Lipinski definition) is 3. The minimum atomic E-state index is -0.599. The summed E-state index contributed by atoms with van der Waals surface area (Å²) in [7, 11) is 0. The number of nitrogens with zero attached hydrogens (tertiary/aromatic N) is 1. The number of carbonyl (C=O) groups excluding carboxylic acids is 1. The molecule has 188 valence electrons. The second kappa shape index (κ2) is 20.7. The number of amides is 1. The molecule has 1 amide bonds. The molecule has 0 aromatic heterocycles. The number of aliphatic hydroxyl groups is 1. The summed E-state index contributed by atoms with van der Waals surface area (Å²) in [5.74, 6) is 0.0838. The van der Waals surface area contributed by atoms with E-state index in [1.807, 2.05) is 6.08 Å². The molecule has 1 aliphatic heterocycles. The van der Waals surface area contributed by atoms with Crippen LogP contribution < -0.4 is 5.32 Å². The number of hydrogen-bond donors (Lipinski definition) is 2. The van der Waals surface area contributed by atoms with Gasteiger partial charge in [0.15, 0.2) is 0 Å². The first-order valence-electron chi connectivity index (χ1n) is 14.0. The first-order valence-corrected chi connectivity index (χ1v) is 14.0. The molecule has 1 rings (SSSR count). The fraction of sp³-hybridized carbons (Fsp3) is 0.893. The van der Waals surface area contributed by atoms with Gasteiger partial charge >= 0.3 is 0 Å². The molecule has 0 spiro atoms. The quantitative estimate of drug-likeness (QED) is 0.150. The zero-order valence-electron chi connectivity index (χ0n) is 21.5. The molecule has 1 saturated heterocycles. The molecule has 1 fully saturated rings. The van der Waals surface area contributed by atoms with E-state index in [0.29, 0.717) is 6.42 Å². The van der Waals surface area contributed by atoms with Gasteiger partial charge in [-0.05, 0) is 45.2 Å². The number of carbonyl (C=O) groups is 1. The van der Waals surface area contributed by atoms with Crippen molar-refractivity contribution in [2.75, 3.05) is 19.6 Å². The minimum absolute atomic E-state index is 0.0838. The van der Waals surface area contributed by atoms with Gasteiger partial charge in [0.05, 0.1) is 12.1 Å². The zero-order chi connectivity index (χ0) is 23.3. The van der Waals surface area contributed by atoms with Crippen molar-refractivity contribution in [1.82, 2.24) is 10.2 Å². The van der Waals surface area contributed by atoms with E-state index >= 15 is 0 Å². The highest BCUT2D eigenvalue weighted by Gasteiger charge is 2.23. The van der Waals surface area contributed by atoms with Gasteiger partial charge in [-0.2, -0.15) is 0 Å². The number of rotatable bonds is 21. The third kappa shape index (κ3) is 15.9. The van der Waals surface area contributed by atoms with Crippen LogP contribution in [0.2, 0.25) is 0 Å². The number of allylic oxidation sites excluding steroid dienone is 1. The molecule has 0 aromatic rings. The summed E-state index contributed by atoms with van der Waals surface area (Å²) < 4.78 is 0. The van der Waals surface area contributed by atoms with E-state index in [1.54, 1.807) is 0 Å². The van der Waals surface area contributed by atoms with Crippen molar-refractivity contribution in [3.63, 3.8) is 0 Å². The molecule has 0 bridgehead atoms. The lowest BCUT2D eigenvalue weighted by Crippen LogP contribution is -2.49. The van der Waals surface area contributed by atoms with E-state index in [2.05, 4.69) is 30.1 Å². The Morgan fingerprint density at radius 2 is 1.38 bits per heavy atom. The molecule has 0 saturated carbocycles. The van der Waals surface area contributed by atoms with Crippen LogP contribution in [-0.4, -0.2) is 47.7 Å². The van der Waals surface area contributed by atoms with Crippen LogP contribution in [-0.2, 0) is 4.79 Å². The average Bonchev–Trinajstić information content (AvgIpc) is 3.29. The molecule has 2 atom stereocenters. The Bertz CT molecular complexity index is 460. The lowest BCUT2D eigenvalue weighted by Gasteiger charge is -2.27. The van der Waals surface area contributed by atoms with Gasteiger partial charge in [0.1, 0.15) is 0 Å². The molecule has 0 aliphatic carbocycles. The van der Waals surface area contributed by atoms with Gasteiger partial charge in [0, 0.05) is 13.0 Å². The van der Waals surface area contributed by atoms with E-state index in [9.17, 15) is 9.90 Å². The van der Waals surface area contributed by atoms with Crippen LogP contribution in [0.25, 0.3) is 0 Å². The normalized spacial score (nSPS) is 16.6. The predicted octanol–water partition coefficient (Wildman–Crippen LogP) is 6.77. The molecule has 2 N–H and O–H groups in total. The average molecular weight is 451 g/mol. The van der Waals surface area contributed by atoms with Gasteiger partial charge in [-0.25, -0.2) is 0 Å². The van der Waals surface area contributed by atoms with Crippen LogP contribution in [0.1, 0.15) is 129 Å². The number of aliphatic hydroxyl groups excluding tert-OH is 1. The molecular weight excluding hydrogens is 396 g/mol. The monoisotopic (exact) mass is 450 g/mol. The molecule has 4 heteroatoms. The zero-order valence-corrected chi connectivity index (χ0v) is 21.5. The third-order valence-corrected chi connectivity index (χ3v) is 6.73. The molecule has 2 unspecified atom stereocenters. The first-order chi connectivity index (χ1) is 15.7. The van der Waals surface area contributed by atoms with Crippen LogP contribution in [0.15, 0.2) is 12.2 Å². The summed E-state index contributed by atoms with van der Waals surface area (Å²) in [6.45, 7) is 7.34. The number of unbranched alkanes of at least 4 members (excludes halogenated alkanes) is 13. The Morgan fingerprint density at radius 3 is 1.97 bits per heavy atom. The summed E-state index contributed by atoms with van der Waals surface area (Å²) in [6.07, 6.45) is 25.5. The predicted molar refractivity (Wildman–Crippen MR) is 138 cm³/mol. The molecule has 1 heterocycles. The second-order valence-corrected chi connectivity index (χ2v) is 9.88. The minimum Gasteiger partial charge on any atom is -0.387 e. The highest BCUT2D eigenvalue weighted by atomic mass is 16.3. The van der Waals surface area contributed by atoms with Gasteiger partial charge in [0.2, 0.25) is 5.91 Å². The fourth-order valence-electron chi connectivity index (χ4n) is 4.59. The highest BCUT2D eigenvalue weighted by Crippen LogP contribution is 2.13. The van der Waals surface area contributed by atoms with E-state index < -0.39 is 6.10 Å². The maximum atomic E-state index is 12.3. The summed E-state index contributed by atoms with van der Waals surface area (Å²) in [5, 5.41) is 13.9. The smallest absolute Gasteiger partial charge is 0.220 e. The van der Waals surface area contributed by atoms with Gasteiger partial charge in [-0.1, -0.05) is 103 Å². The maximum Gasteiger partial charge on any atom is 0.220 e. The topological polar surface area (TPSA) is 52.6 Å². The van der Waals surface area contributed by atoms with Crippen LogP contribution in [0.4, 0.5) is 0 Å². The van der Waals surface area contributed by atoms with Crippen molar-refractivity contribution >= 4 is 5.91 Å². The number of nitrogens with one attached hydrogen (secondary N) is 1. The van der Waals surface area contributed by atoms with Crippen molar-refractivity contribution in [3.8, 4) is 0 Å². The third-order valence-electron chi connectivity index (χ3n) is 6.73. The van der Waals surface area contributed by atoms with Gasteiger partial charge in [-0.3, -0.25) is 4.79 Å². The van der Waals surface area contributed by atoms with Crippen molar-refractivity contribution in [2.45, 2.75) is 142 Å². The van der Waals surface area contributed by atoms with Crippen molar-refractivity contribution in [1.29, 1.82) is 0 Å². The van der Waals surface area contributed by atoms with Crippen LogP contribution in [0.3, 0.4) is 0 Å². The van der Waals surface area contributed by atoms with Crippen molar-refractivity contribution in [2.24, 2.45) is 0 Å². The highest BCUT2D eigenvalue weighted by molar-refractivity contribution is 5.76. The van der Waals surface area contributed by atoms with Gasteiger partial charge in [-0.15, -0.1) is 0 Å². The van der Waals surface area contributed by atoms with E-state index in [1.165, 1.54) is 83.5 Å². The Morgan fingerprint density at radius 1 is 0.844 bits per heavy atom. The summed E-state index contributed by atoms with van der Waals surface area (Å²) in [5.41, 5.74) is 0. The molecular formula is C28H54N2O2. The number of likely N-dealkylation sites (tertiary alicyclic amines) is 1. The van der Waals surface area contributed by atoms with Crippen molar-refractivity contribution < 1.29 is 9.90 Å². The summed E-state index contributed by atoms with van der Waals surface area (Å²) >= 11 is 0. The lowest BCUT2D eigenvalue weighted by atomic mass is 10.0. The molecule has 4 nitrogen and oxygen atoms in total. The second-order valence-electron chi connectivity index (χ2n) is 9.88. The first kappa shape index (κ1) is 29.2. The van der Waals surface area contributed by atoms with Gasteiger partial charge in [0.25, 0.3) is 0 Å². The lowest BCUT2D eigenvalue weighted by molar-refractivity contribution is -0.122. The Labute approximate surface area is 199 Å². The maximum absolute atomic E-state index is 12.3.